The average Bonchev–Trinajstić information content (AvgIpc) is 2.89. The number of hydrogen-bond acceptors (Lipinski definition) is 8. The third-order valence-corrected chi connectivity index (χ3v) is 6.73. The van der Waals surface area contributed by atoms with E-state index in [1.54, 1.807) is 14.7 Å². The molecule has 38 heavy (non-hydrogen) atoms. The highest BCUT2D eigenvalue weighted by molar-refractivity contribution is 6.31. The van der Waals surface area contributed by atoms with E-state index in [0.717, 1.165) is 18.5 Å². The minimum Gasteiger partial charge on any atom is -0.374 e. The van der Waals surface area contributed by atoms with Gasteiger partial charge in [0.05, 0.1) is 35.5 Å². The molecular formula is C23H22ClF4N7O3. The predicted molar refractivity (Wildman–Crippen MR) is 130 cm³/mol. The minimum atomic E-state index is -4.51. The lowest BCUT2D eigenvalue weighted by atomic mass is 10.1. The molecule has 202 valence electrons. The number of alkyl halides is 3. The Balaban J connectivity index is 1.21. The maximum Gasteiger partial charge on any atom is 0.419 e. The van der Waals surface area contributed by atoms with Gasteiger partial charge in [-0.1, -0.05) is 11.6 Å². The molecule has 2 aromatic heterocycles. The van der Waals surface area contributed by atoms with Gasteiger partial charge in [-0.15, -0.1) is 0 Å². The summed E-state index contributed by atoms with van der Waals surface area (Å²) in [5.41, 5.74) is -1.49. The molecular weight excluding hydrogens is 534 g/mol. The van der Waals surface area contributed by atoms with E-state index in [0.29, 0.717) is 32.7 Å². The number of nitrogens with one attached hydrogen (secondary N) is 1. The molecule has 1 aromatic carbocycles. The van der Waals surface area contributed by atoms with Crippen molar-refractivity contribution in [1.82, 2.24) is 25.1 Å². The molecule has 5 rings (SSSR count). The van der Waals surface area contributed by atoms with Crippen LogP contribution in [0.3, 0.4) is 0 Å². The van der Waals surface area contributed by atoms with E-state index in [9.17, 15) is 27.2 Å². The van der Waals surface area contributed by atoms with Crippen molar-refractivity contribution in [3.63, 3.8) is 0 Å². The van der Waals surface area contributed by atoms with Crippen LogP contribution in [-0.2, 0) is 15.7 Å². The zero-order valence-corrected chi connectivity index (χ0v) is 20.6. The summed E-state index contributed by atoms with van der Waals surface area (Å²) in [6.07, 6.45) is -3.45. The standard InChI is InChI=1S/C23H22ClF4N7O3/c24-14-7-16-19(17(25)8-14)20(31-32-21(16)37)35-5-6-38-15(12-35)9-18(36)33-1-3-34(4-2-33)22-29-10-13(11-30-22)23(26,27)28/h7-8,10-11,15H,1-6,9,12H2,(H,32,37)/t15-/m1/s1. The van der Waals surface area contributed by atoms with E-state index in [1.807, 2.05) is 0 Å². The highest BCUT2D eigenvalue weighted by Gasteiger charge is 2.33. The number of halogens is 5. The van der Waals surface area contributed by atoms with Crippen molar-refractivity contribution in [3.05, 3.63) is 51.3 Å². The van der Waals surface area contributed by atoms with Gasteiger partial charge in [-0.3, -0.25) is 9.59 Å². The summed E-state index contributed by atoms with van der Waals surface area (Å²) in [5, 5.41) is 6.64. The van der Waals surface area contributed by atoms with Gasteiger partial charge in [0.2, 0.25) is 11.9 Å². The van der Waals surface area contributed by atoms with E-state index in [1.165, 1.54) is 6.07 Å². The molecule has 0 aliphatic carbocycles. The smallest absolute Gasteiger partial charge is 0.374 e. The number of amides is 1. The summed E-state index contributed by atoms with van der Waals surface area (Å²) in [5.74, 6) is -0.414. The maximum absolute atomic E-state index is 14.8. The lowest BCUT2D eigenvalue weighted by molar-refractivity contribution is -0.138. The second kappa shape index (κ2) is 10.3. The molecule has 0 spiro atoms. The summed E-state index contributed by atoms with van der Waals surface area (Å²) in [7, 11) is 0. The number of hydrogen-bond donors (Lipinski definition) is 1. The van der Waals surface area contributed by atoms with Gasteiger partial charge in [0.15, 0.2) is 5.82 Å². The van der Waals surface area contributed by atoms with Crippen LogP contribution in [-0.4, -0.2) is 83.0 Å². The number of aromatic amines is 1. The van der Waals surface area contributed by atoms with E-state index < -0.39 is 29.2 Å². The molecule has 2 saturated heterocycles. The van der Waals surface area contributed by atoms with Gasteiger partial charge in [0.25, 0.3) is 5.56 Å². The van der Waals surface area contributed by atoms with Gasteiger partial charge in [-0.2, -0.15) is 18.3 Å². The first-order valence-corrected chi connectivity index (χ1v) is 12.1. The molecule has 4 heterocycles. The lowest BCUT2D eigenvalue weighted by Crippen LogP contribution is -2.51. The second-order valence-corrected chi connectivity index (χ2v) is 9.40. The zero-order chi connectivity index (χ0) is 27.0. The van der Waals surface area contributed by atoms with Crippen molar-refractivity contribution in [2.45, 2.75) is 18.7 Å². The third-order valence-electron chi connectivity index (χ3n) is 6.51. The van der Waals surface area contributed by atoms with Crippen molar-refractivity contribution < 1.29 is 27.1 Å². The van der Waals surface area contributed by atoms with Crippen molar-refractivity contribution in [1.29, 1.82) is 0 Å². The van der Waals surface area contributed by atoms with Crippen LogP contribution in [0.2, 0.25) is 5.02 Å². The van der Waals surface area contributed by atoms with Crippen molar-refractivity contribution >= 4 is 40.0 Å². The number of fused-ring (bicyclic) bond motifs is 1. The molecule has 3 aromatic rings. The Bertz CT molecular complexity index is 1390. The van der Waals surface area contributed by atoms with E-state index in [2.05, 4.69) is 20.2 Å². The number of carbonyl (C=O) groups is 1. The summed E-state index contributed by atoms with van der Waals surface area (Å²) < 4.78 is 58.8. The number of morpholine rings is 1. The van der Waals surface area contributed by atoms with E-state index >= 15 is 0 Å². The number of ether oxygens (including phenoxy) is 1. The normalized spacial score (nSPS) is 18.8. The first-order chi connectivity index (χ1) is 18.1. The van der Waals surface area contributed by atoms with Gasteiger partial charge in [0.1, 0.15) is 5.82 Å². The number of aromatic nitrogens is 4. The average molecular weight is 556 g/mol. The monoisotopic (exact) mass is 555 g/mol. The Morgan fingerprint density at radius 2 is 1.82 bits per heavy atom. The number of nitrogens with zero attached hydrogens (tertiary/aromatic N) is 6. The van der Waals surface area contributed by atoms with Crippen LogP contribution in [0.4, 0.5) is 29.3 Å². The molecule has 0 saturated carbocycles. The molecule has 0 radical (unpaired) electrons. The predicted octanol–water partition coefficient (Wildman–Crippen LogP) is 2.47. The number of carbonyl (C=O) groups excluding carboxylic acids is 1. The van der Waals surface area contributed by atoms with Crippen molar-refractivity contribution in [2.75, 3.05) is 55.7 Å². The number of rotatable bonds is 4. The Morgan fingerprint density at radius 3 is 2.50 bits per heavy atom. The fourth-order valence-electron chi connectivity index (χ4n) is 4.57. The fourth-order valence-corrected chi connectivity index (χ4v) is 4.78. The van der Waals surface area contributed by atoms with E-state index in [4.69, 9.17) is 16.3 Å². The van der Waals surface area contributed by atoms with Crippen molar-refractivity contribution in [3.8, 4) is 0 Å². The van der Waals surface area contributed by atoms with Crippen LogP contribution in [0.5, 0.6) is 0 Å². The number of piperazine rings is 1. The summed E-state index contributed by atoms with van der Waals surface area (Å²) >= 11 is 5.91. The molecule has 15 heteroatoms. The number of anilines is 2. The van der Waals surface area contributed by atoms with Gasteiger partial charge >= 0.3 is 6.18 Å². The molecule has 2 fully saturated rings. The van der Waals surface area contributed by atoms with E-state index in [-0.39, 0.29) is 53.0 Å². The summed E-state index contributed by atoms with van der Waals surface area (Å²) in [6, 6.07) is 2.49. The van der Waals surface area contributed by atoms with Gasteiger partial charge in [-0.25, -0.2) is 19.5 Å². The Morgan fingerprint density at radius 1 is 1.11 bits per heavy atom. The van der Waals surface area contributed by atoms with Gasteiger partial charge in [-0.05, 0) is 12.1 Å². The van der Waals surface area contributed by atoms with Gasteiger partial charge < -0.3 is 19.4 Å². The largest absolute Gasteiger partial charge is 0.419 e. The molecule has 0 unspecified atom stereocenters. The lowest BCUT2D eigenvalue weighted by Gasteiger charge is -2.37. The van der Waals surface area contributed by atoms with Crippen LogP contribution in [0, 0.1) is 5.82 Å². The fraction of sp³-hybridized carbons (Fsp3) is 0.435. The molecule has 1 atom stereocenters. The molecule has 2 aliphatic rings. The third kappa shape index (κ3) is 5.36. The van der Waals surface area contributed by atoms with Crippen LogP contribution >= 0.6 is 11.6 Å². The topological polar surface area (TPSA) is 108 Å². The van der Waals surface area contributed by atoms with Crippen LogP contribution < -0.4 is 15.4 Å². The molecule has 2 aliphatic heterocycles. The van der Waals surface area contributed by atoms with Crippen LogP contribution in [0.15, 0.2) is 29.3 Å². The van der Waals surface area contributed by atoms with Gasteiger partial charge in [0, 0.05) is 56.7 Å². The molecule has 1 amide bonds. The summed E-state index contributed by atoms with van der Waals surface area (Å²) in [6.45, 7) is 2.33. The minimum absolute atomic E-state index is 0.0479. The highest BCUT2D eigenvalue weighted by Crippen LogP contribution is 2.30. The highest BCUT2D eigenvalue weighted by atomic mass is 35.5. The van der Waals surface area contributed by atoms with Crippen LogP contribution in [0.1, 0.15) is 12.0 Å². The SMILES string of the molecule is O=C(C[C@@H]1CN(c2n[nH]c(=O)c3cc(Cl)cc(F)c23)CCO1)N1CCN(c2ncc(C(F)(F)F)cn2)CC1. The second-order valence-electron chi connectivity index (χ2n) is 8.97. The maximum atomic E-state index is 14.8. The Kier molecular flexibility index (Phi) is 7.09. The molecule has 0 bridgehead atoms. The summed E-state index contributed by atoms with van der Waals surface area (Å²) in [4.78, 5) is 37.9. The Hall–Kier alpha value is -3.52. The Labute approximate surface area is 218 Å². The number of benzene rings is 1. The zero-order valence-electron chi connectivity index (χ0n) is 19.8. The quantitative estimate of drug-likeness (QED) is 0.489. The van der Waals surface area contributed by atoms with Crippen molar-refractivity contribution in [2.24, 2.45) is 0 Å². The molecule has 10 nitrogen and oxygen atoms in total. The first kappa shape index (κ1) is 26.1. The first-order valence-electron chi connectivity index (χ1n) is 11.8. The number of H-pyrrole nitrogens is 1. The molecule has 1 N–H and O–H groups in total. The van der Waals surface area contributed by atoms with Crippen LogP contribution in [0.25, 0.3) is 10.8 Å².